The van der Waals surface area contributed by atoms with Gasteiger partial charge in [0.1, 0.15) is 11.5 Å². The summed E-state index contributed by atoms with van der Waals surface area (Å²) in [5.41, 5.74) is 8.60. The van der Waals surface area contributed by atoms with Crippen LogP contribution < -0.4 is 25.3 Å². The lowest BCUT2D eigenvalue weighted by molar-refractivity contribution is -0.192. The van der Waals surface area contributed by atoms with Crippen molar-refractivity contribution in [1.29, 1.82) is 5.41 Å². The lowest BCUT2D eigenvalue weighted by Crippen LogP contribution is -2.31. The Hall–Kier alpha value is -5.07. The van der Waals surface area contributed by atoms with Crippen LogP contribution in [-0.4, -0.2) is 60.6 Å². The first-order chi connectivity index (χ1) is 20.0. The quantitative estimate of drug-likeness (QED) is 0.129. The van der Waals surface area contributed by atoms with Gasteiger partial charge in [0.25, 0.3) is 0 Å². The van der Waals surface area contributed by atoms with E-state index >= 15 is 0 Å². The number of alkyl halides is 3. The summed E-state index contributed by atoms with van der Waals surface area (Å²) < 4.78 is 48.4. The maximum atomic E-state index is 10.6. The summed E-state index contributed by atoms with van der Waals surface area (Å²) in [5.74, 6) is -1.22. The minimum atomic E-state index is -5.08. The smallest absolute Gasteiger partial charge is 0.490 e. The van der Waals surface area contributed by atoms with Crippen molar-refractivity contribution in [2.45, 2.75) is 19.0 Å². The second kappa shape index (κ2) is 16.9. The number of hydrogen-bond donors (Lipinski definition) is 4. The molecule has 0 atom stereocenters. The summed E-state index contributed by atoms with van der Waals surface area (Å²) >= 11 is 0. The number of rotatable bonds is 12. The van der Waals surface area contributed by atoms with E-state index in [0.29, 0.717) is 30.5 Å². The zero-order valence-electron chi connectivity index (χ0n) is 23.0. The molecule has 0 radical (unpaired) electrons. The van der Waals surface area contributed by atoms with Crippen LogP contribution in [0, 0.1) is 5.41 Å². The van der Waals surface area contributed by atoms with E-state index in [4.69, 9.17) is 35.3 Å². The van der Waals surface area contributed by atoms with E-state index in [9.17, 15) is 13.2 Å². The molecule has 0 fully saturated rings. The standard InChI is InChI=1S/C27H31N5O3.C2HF3O2/c1-33-24-11-5-3-9-20(24)13-15-22-19-23(16-14-21-10-4-6-12-25(21)34-2)32-27(31-22)35-18-8-7-17-30-26(28)29;3-2(4,5)1(6)7/h3-6,9-16,19H,7-8,17-18H2,1-2H3,(H4,28,29,30);(H,6,7). The van der Waals surface area contributed by atoms with E-state index in [1.807, 2.05) is 78.9 Å². The molecular formula is C29H32F3N5O5. The molecule has 0 spiro atoms. The Morgan fingerprint density at radius 1 is 0.929 bits per heavy atom. The van der Waals surface area contributed by atoms with Gasteiger partial charge in [-0.05, 0) is 55.3 Å². The van der Waals surface area contributed by atoms with Gasteiger partial charge in [-0.25, -0.2) is 4.79 Å². The average molecular weight is 588 g/mol. The summed E-state index contributed by atoms with van der Waals surface area (Å²) in [6.45, 7) is 1.07. The fourth-order valence-electron chi connectivity index (χ4n) is 3.27. The summed E-state index contributed by atoms with van der Waals surface area (Å²) in [4.78, 5) is 18.0. The first-order valence-corrected chi connectivity index (χ1v) is 12.6. The molecule has 1 heterocycles. The predicted molar refractivity (Wildman–Crippen MR) is 154 cm³/mol. The molecular weight excluding hydrogens is 555 g/mol. The molecule has 3 aromatic rings. The Balaban J connectivity index is 0.000000782. The van der Waals surface area contributed by atoms with Crippen LogP contribution in [0.5, 0.6) is 17.5 Å². The van der Waals surface area contributed by atoms with Crippen LogP contribution in [0.15, 0.2) is 54.6 Å². The first-order valence-electron chi connectivity index (χ1n) is 12.6. The first kappa shape index (κ1) is 33.1. The minimum absolute atomic E-state index is 0.0322. The van der Waals surface area contributed by atoms with Gasteiger partial charge < -0.3 is 30.4 Å². The number of carbonyl (C=O) groups is 1. The highest BCUT2D eigenvalue weighted by Crippen LogP contribution is 2.22. The Morgan fingerprint density at radius 3 is 1.83 bits per heavy atom. The normalized spacial score (nSPS) is 11.1. The summed E-state index contributed by atoms with van der Waals surface area (Å²) in [6, 6.07) is 17.7. The number of guanidine groups is 1. The number of hydrogen-bond acceptors (Lipinski definition) is 7. The van der Waals surface area contributed by atoms with Crippen molar-refractivity contribution in [2.24, 2.45) is 5.73 Å². The highest BCUT2D eigenvalue weighted by atomic mass is 19.4. The third-order valence-electron chi connectivity index (χ3n) is 5.25. The van der Waals surface area contributed by atoms with Gasteiger partial charge in [0.15, 0.2) is 5.96 Å². The number of nitrogens with two attached hydrogens (primary N) is 1. The van der Waals surface area contributed by atoms with Crippen LogP contribution >= 0.6 is 0 Å². The molecule has 1 aromatic heterocycles. The number of benzene rings is 2. The number of carboxylic acid groups (broad SMARTS) is 1. The molecule has 0 saturated carbocycles. The highest BCUT2D eigenvalue weighted by Gasteiger charge is 2.38. The van der Waals surface area contributed by atoms with E-state index in [2.05, 4.69) is 15.3 Å². The Kier molecular flexibility index (Phi) is 13.3. The molecule has 2 aromatic carbocycles. The molecule has 0 aliphatic rings. The van der Waals surface area contributed by atoms with E-state index in [-0.39, 0.29) is 5.96 Å². The summed E-state index contributed by atoms with van der Waals surface area (Å²) in [6.07, 6.45) is 4.22. The molecule has 13 heteroatoms. The maximum Gasteiger partial charge on any atom is 0.490 e. The molecule has 0 aliphatic carbocycles. The van der Waals surface area contributed by atoms with Crippen molar-refractivity contribution in [2.75, 3.05) is 27.4 Å². The molecule has 0 bridgehead atoms. The van der Waals surface area contributed by atoms with Crippen molar-refractivity contribution >= 4 is 36.2 Å². The van der Waals surface area contributed by atoms with Gasteiger partial charge in [0, 0.05) is 17.7 Å². The molecule has 42 heavy (non-hydrogen) atoms. The predicted octanol–water partition coefficient (Wildman–Crippen LogP) is 5.11. The van der Waals surface area contributed by atoms with Crippen LogP contribution in [0.3, 0.4) is 0 Å². The van der Waals surface area contributed by atoms with Gasteiger partial charge >= 0.3 is 18.2 Å². The van der Waals surface area contributed by atoms with E-state index in [1.165, 1.54) is 0 Å². The van der Waals surface area contributed by atoms with Gasteiger partial charge in [0.2, 0.25) is 0 Å². The van der Waals surface area contributed by atoms with Crippen molar-refractivity contribution < 1.29 is 37.3 Å². The average Bonchev–Trinajstić information content (AvgIpc) is 2.96. The number of ether oxygens (including phenoxy) is 3. The van der Waals surface area contributed by atoms with Gasteiger partial charge in [-0.15, -0.1) is 0 Å². The molecule has 0 unspecified atom stereocenters. The minimum Gasteiger partial charge on any atom is -0.496 e. The fourth-order valence-corrected chi connectivity index (χ4v) is 3.27. The number of aliphatic carboxylic acids is 1. The van der Waals surface area contributed by atoms with Crippen molar-refractivity contribution in [3.8, 4) is 17.5 Å². The van der Waals surface area contributed by atoms with E-state index in [0.717, 1.165) is 35.5 Å². The zero-order chi connectivity index (χ0) is 31.0. The topological polar surface area (TPSA) is 153 Å². The number of para-hydroxylation sites is 2. The van der Waals surface area contributed by atoms with Crippen molar-refractivity contribution in [3.63, 3.8) is 0 Å². The van der Waals surface area contributed by atoms with Crippen molar-refractivity contribution in [3.05, 3.63) is 77.1 Å². The number of carboxylic acids is 1. The Labute approximate surface area is 241 Å². The van der Waals surface area contributed by atoms with Crippen LogP contribution in [0.4, 0.5) is 13.2 Å². The molecule has 224 valence electrons. The van der Waals surface area contributed by atoms with Gasteiger partial charge in [-0.1, -0.05) is 36.4 Å². The summed E-state index contributed by atoms with van der Waals surface area (Å²) in [5, 5.41) is 17.1. The van der Waals surface area contributed by atoms with Crippen molar-refractivity contribution in [1.82, 2.24) is 15.3 Å². The number of nitrogens with one attached hydrogen (secondary N) is 2. The highest BCUT2D eigenvalue weighted by molar-refractivity contribution is 5.75. The molecule has 0 saturated heterocycles. The van der Waals surface area contributed by atoms with E-state index in [1.54, 1.807) is 14.2 Å². The molecule has 0 aliphatic heterocycles. The number of aromatic nitrogens is 2. The molecule has 3 rings (SSSR count). The van der Waals surface area contributed by atoms with E-state index < -0.39 is 12.1 Å². The third kappa shape index (κ3) is 12.0. The second-order valence-electron chi connectivity index (χ2n) is 8.35. The third-order valence-corrected chi connectivity index (χ3v) is 5.25. The SMILES string of the molecule is COc1ccccc1C=Cc1cc(C=Cc2ccccc2OC)nc(OCCCCNC(=N)N)n1.O=C(O)C(F)(F)F. The Morgan fingerprint density at radius 2 is 1.40 bits per heavy atom. The molecule has 5 N–H and O–H groups in total. The zero-order valence-corrected chi connectivity index (χ0v) is 23.0. The number of nitrogens with zero attached hydrogens (tertiary/aromatic N) is 2. The number of unbranched alkanes of at least 4 members (excludes halogenated alkanes) is 1. The second-order valence-corrected chi connectivity index (χ2v) is 8.35. The van der Waals surface area contributed by atoms with Crippen LogP contribution in [0.2, 0.25) is 0 Å². The Bertz CT molecular complexity index is 1300. The fraction of sp³-hybridized carbons (Fsp3) is 0.241. The number of methoxy groups -OCH3 is 2. The van der Waals surface area contributed by atoms with Crippen LogP contribution in [0.1, 0.15) is 35.4 Å². The summed E-state index contributed by atoms with van der Waals surface area (Å²) in [7, 11) is 3.30. The lowest BCUT2D eigenvalue weighted by atomic mass is 10.1. The van der Waals surface area contributed by atoms with Crippen LogP contribution in [0.25, 0.3) is 24.3 Å². The number of halogens is 3. The monoisotopic (exact) mass is 587 g/mol. The van der Waals surface area contributed by atoms with Gasteiger partial charge in [0.05, 0.1) is 32.2 Å². The largest absolute Gasteiger partial charge is 0.496 e. The molecule has 10 nitrogen and oxygen atoms in total. The van der Waals surface area contributed by atoms with Crippen LogP contribution in [-0.2, 0) is 4.79 Å². The lowest BCUT2D eigenvalue weighted by Gasteiger charge is -2.08. The van der Waals surface area contributed by atoms with Gasteiger partial charge in [-0.3, -0.25) is 5.41 Å². The van der Waals surface area contributed by atoms with Gasteiger partial charge in [-0.2, -0.15) is 23.1 Å². The maximum absolute atomic E-state index is 10.6. The molecule has 0 amide bonds.